The van der Waals surface area contributed by atoms with Gasteiger partial charge in [-0.15, -0.1) is 0 Å². The van der Waals surface area contributed by atoms with E-state index in [1.807, 2.05) is 0 Å². The molecule has 0 aromatic carbocycles. The van der Waals surface area contributed by atoms with Gasteiger partial charge < -0.3 is 0 Å². The fraction of sp³-hybridized carbons (Fsp3) is 0. The Morgan fingerprint density at radius 2 is 0.500 bits per heavy atom. The van der Waals surface area contributed by atoms with Crippen LogP contribution in [0.4, 0.5) is 0 Å². The molecular weight excluding hydrogens is 315 g/mol. The van der Waals surface area contributed by atoms with Crippen molar-refractivity contribution in [3.05, 3.63) is 0 Å². The van der Waals surface area contributed by atoms with Crippen LogP contribution < -0.4 is 0 Å². The first-order valence-corrected chi connectivity index (χ1v) is 0. The van der Waals surface area contributed by atoms with Crippen molar-refractivity contribution in [1.82, 2.24) is 0 Å². The van der Waals surface area contributed by atoms with Crippen LogP contribution in [0.5, 0.6) is 0 Å². The van der Waals surface area contributed by atoms with Gasteiger partial charge >= 0.3 is 0 Å². The summed E-state index contributed by atoms with van der Waals surface area (Å²) in [4.78, 5) is 0. The quantitative estimate of drug-likeness (QED) is 0.534. The van der Waals surface area contributed by atoms with Gasteiger partial charge in [-0.25, -0.2) is 0 Å². The van der Waals surface area contributed by atoms with Gasteiger partial charge in [0.15, 0.2) is 0 Å². The smallest absolute Gasteiger partial charge is 0 e. The zero-order chi connectivity index (χ0) is 0. The zero-order valence-corrected chi connectivity index (χ0v) is 8.98. The molecule has 0 bridgehead atoms. The third-order valence-corrected chi connectivity index (χ3v) is 0. The van der Waals surface area contributed by atoms with Gasteiger partial charge in [-0.1, -0.05) is 0 Å². The molecule has 0 amide bonds. The van der Waals surface area contributed by atoms with E-state index in [1.165, 1.54) is 0 Å². The molecule has 4 heavy (non-hydrogen) atoms. The minimum Gasteiger partial charge on any atom is 0 e. The number of hydrogen-bond acceptors (Lipinski definition) is 0. The molecule has 3 radical (unpaired) electrons. The van der Waals surface area contributed by atoms with Gasteiger partial charge in [0.25, 0.3) is 0 Å². The molecule has 0 atom stereocenters. The van der Waals surface area contributed by atoms with E-state index in [9.17, 15) is 0 Å². The molecule has 0 fully saturated rings. The van der Waals surface area contributed by atoms with Crippen LogP contribution in [0.2, 0.25) is 0 Å². The van der Waals surface area contributed by atoms with Gasteiger partial charge in [0.05, 0.1) is 0 Å². The Balaban J connectivity index is 0. The van der Waals surface area contributed by atoms with E-state index in [0.717, 1.165) is 0 Å². The van der Waals surface area contributed by atoms with Crippen molar-refractivity contribution in [3.63, 3.8) is 0 Å². The molecule has 0 saturated carbocycles. The van der Waals surface area contributed by atoms with Crippen molar-refractivity contribution < 1.29 is 63.2 Å². The molecule has 0 nitrogen and oxygen atoms in total. The first kappa shape index (κ1) is 30.6. The molecular formula is AlMo3. The second-order valence-electron chi connectivity index (χ2n) is 0. The Bertz CT molecular complexity index is 3.25. The van der Waals surface area contributed by atoms with Crippen LogP contribution in [-0.2, 0) is 63.2 Å². The van der Waals surface area contributed by atoms with Crippen molar-refractivity contribution in [2.45, 2.75) is 0 Å². The zero-order valence-electron chi connectivity index (χ0n) is 1.80. The molecule has 0 aliphatic heterocycles. The van der Waals surface area contributed by atoms with E-state index in [0.29, 0.717) is 0 Å². The molecule has 0 saturated heterocycles. The van der Waals surface area contributed by atoms with Gasteiger partial charge in [-0.2, -0.15) is 0 Å². The Labute approximate surface area is 79.4 Å². The first-order valence-electron chi connectivity index (χ1n) is 0. The molecule has 0 heterocycles. The van der Waals surface area contributed by atoms with Crippen LogP contribution in [0.3, 0.4) is 0 Å². The summed E-state index contributed by atoms with van der Waals surface area (Å²) in [6.45, 7) is 0. The summed E-state index contributed by atoms with van der Waals surface area (Å²) in [6, 6.07) is 0. The molecule has 0 aliphatic rings. The van der Waals surface area contributed by atoms with Crippen molar-refractivity contribution in [3.8, 4) is 0 Å². The van der Waals surface area contributed by atoms with E-state index >= 15 is 0 Å². The summed E-state index contributed by atoms with van der Waals surface area (Å²) in [5.41, 5.74) is 0. The maximum Gasteiger partial charge on any atom is 0 e. The van der Waals surface area contributed by atoms with Crippen LogP contribution in [0, 0.1) is 0 Å². The second kappa shape index (κ2) is 17.5. The molecule has 0 N–H and O–H groups in total. The van der Waals surface area contributed by atoms with Crippen molar-refractivity contribution in [2.24, 2.45) is 0 Å². The summed E-state index contributed by atoms with van der Waals surface area (Å²) in [5, 5.41) is 0. The van der Waals surface area contributed by atoms with E-state index in [1.54, 1.807) is 0 Å². The van der Waals surface area contributed by atoms with Crippen molar-refractivity contribution in [2.75, 3.05) is 0 Å². The minimum absolute atomic E-state index is 0. The number of hydrogen-bond donors (Lipinski definition) is 0. The predicted octanol–water partition coefficient (Wildman–Crippen LogP) is -0.388. The summed E-state index contributed by atoms with van der Waals surface area (Å²) < 4.78 is 0. The Kier molecular flexibility index (Phi) is 134. The third kappa shape index (κ3) is 8.82. The fourth-order valence-electron chi connectivity index (χ4n) is 0. The maximum atomic E-state index is 0. The maximum absolute atomic E-state index is 0. The predicted molar refractivity (Wildman–Crippen MR) is 5.75 cm³/mol. The second-order valence-corrected chi connectivity index (χ2v) is 0. The summed E-state index contributed by atoms with van der Waals surface area (Å²) in [5.74, 6) is 0. The molecule has 0 rings (SSSR count). The molecule has 0 unspecified atom stereocenters. The van der Waals surface area contributed by atoms with E-state index < -0.39 is 0 Å². The normalized spacial score (nSPS) is 0. The minimum atomic E-state index is 0. The SMILES string of the molecule is [Al].[Mo].[Mo].[Mo]. The average Bonchev–Trinajstić information content (AvgIpc) is 0. The monoisotopic (exact) mass is 321 g/mol. The van der Waals surface area contributed by atoms with E-state index in [2.05, 4.69) is 0 Å². The molecule has 0 aromatic heterocycles. The molecule has 0 spiro atoms. The summed E-state index contributed by atoms with van der Waals surface area (Å²) >= 11 is 0. The van der Waals surface area contributed by atoms with Crippen LogP contribution in [0.25, 0.3) is 0 Å². The van der Waals surface area contributed by atoms with Gasteiger partial charge in [0.2, 0.25) is 0 Å². The third-order valence-electron chi connectivity index (χ3n) is 0. The first-order chi connectivity index (χ1) is 0. The summed E-state index contributed by atoms with van der Waals surface area (Å²) in [6.07, 6.45) is 0. The summed E-state index contributed by atoms with van der Waals surface area (Å²) in [7, 11) is 0. The Morgan fingerprint density at radius 3 is 0.500 bits per heavy atom. The van der Waals surface area contributed by atoms with E-state index in [4.69, 9.17) is 0 Å². The van der Waals surface area contributed by atoms with Gasteiger partial charge in [-0.05, 0) is 0 Å². The van der Waals surface area contributed by atoms with Gasteiger partial charge in [0.1, 0.15) is 0 Å². The Morgan fingerprint density at radius 1 is 0.500 bits per heavy atom. The fourth-order valence-corrected chi connectivity index (χ4v) is 0. The van der Waals surface area contributed by atoms with Gasteiger partial charge in [0, 0.05) is 80.6 Å². The molecule has 0 aromatic rings. The largest absolute Gasteiger partial charge is 0 e. The van der Waals surface area contributed by atoms with Crippen molar-refractivity contribution >= 4 is 17.4 Å². The molecule has 0 aliphatic carbocycles. The van der Waals surface area contributed by atoms with E-state index in [-0.39, 0.29) is 80.6 Å². The van der Waals surface area contributed by atoms with Crippen LogP contribution in [0.15, 0.2) is 0 Å². The Hall–Kier alpha value is 2.60. The standard InChI is InChI=1S/Al.3Mo. The van der Waals surface area contributed by atoms with Gasteiger partial charge in [-0.3, -0.25) is 0 Å². The molecule has 21 valence electrons. The van der Waals surface area contributed by atoms with Crippen LogP contribution >= 0.6 is 0 Å². The van der Waals surface area contributed by atoms with Crippen molar-refractivity contribution in [1.29, 1.82) is 0 Å². The van der Waals surface area contributed by atoms with Crippen LogP contribution in [-0.4, -0.2) is 17.4 Å². The topological polar surface area (TPSA) is 0 Å². The number of rotatable bonds is 0. The molecule has 4 heteroatoms. The average molecular weight is 315 g/mol. The van der Waals surface area contributed by atoms with Crippen LogP contribution in [0.1, 0.15) is 0 Å².